The van der Waals surface area contributed by atoms with Crippen molar-refractivity contribution < 1.29 is 0 Å². The lowest BCUT2D eigenvalue weighted by atomic mass is 10.1. The molecule has 0 aromatic carbocycles. The lowest BCUT2D eigenvalue weighted by Crippen LogP contribution is -2.08. The summed E-state index contributed by atoms with van der Waals surface area (Å²) in [6.45, 7) is 8.16. The van der Waals surface area contributed by atoms with Gasteiger partial charge in [0.2, 0.25) is 0 Å². The fourth-order valence-corrected chi connectivity index (χ4v) is 2.07. The van der Waals surface area contributed by atoms with Crippen LogP contribution >= 0.6 is 0 Å². The monoisotopic (exact) mass is 233 g/mol. The van der Waals surface area contributed by atoms with Gasteiger partial charge >= 0.3 is 0 Å². The minimum Gasteiger partial charge on any atom is -0.394 e. The molecule has 0 bridgehead atoms. The van der Waals surface area contributed by atoms with E-state index in [0.717, 1.165) is 22.9 Å². The maximum absolute atomic E-state index is 6.17. The zero-order valence-corrected chi connectivity index (χ0v) is 11.0. The standard InChI is InChI=1S/C12H19N5/c1-7(2)11-10(13)12(16(5)15-11)17-9(4)6-8(3)14-17/h6-7H,13H2,1-5H3. The Bertz CT molecular complexity index is 547. The molecule has 2 rings (SSSR count). The number of nitrogen functional groups attached to an aromatic ring is 1. The maximum Gasteiger partial charge on any atom is 0.175 e. The van der Waals surface area contributed by atoms with Gasteiger partial charge in [-0.05, 0) is 25.8 Å². The van der Waals surface area contributed by atoms with Gasteiger partial charge in [-0.15, -0.1) is 0 Å². The van der Waals surface area contributed by atoms with E-state index in [4.69, 9.17) is 5.73 Å². The number of anilines is 1. The zero-order valence-electron chi connectivity index (χ0n) is 11.0. The number of hydrogen-bond donors (Lipinski definition) is 1. The minimum absolute atomic E-state index is 0.312. The van der Waals surface area contributed by atoms with Crippen LogP contribution in [0.1, 0.15) is 36.8 Å². The average Bonchev–Trinajstić information content (AvgIpc) is 2.67. The van der Waals surface area contributed by atoms with Crippen molar-refractivity contribution in [3.63, 3.8) is 0 Å². The SMILES string of the molecule is Cc1cc(C)n(-c2c(N)c(C(C)C)nn2C)n1. The highest BCUT2D eigenvalue weighted by molar-refractivity contribution is 5.58. The van der Waals surface area contributed by atoms with Crippen molar-refractivity contribution in [3.05, 3.63) is 23.1 Å². The highest BCUT2D eigenvalue weighted by Gasteiger charge is 2.19. The van der Waals surface area contributed by atoms with Crippen LogP contribution in [0.5, 0.6) is 0 Å². The normalized spacial score (nSPS) is 11.4. The molecule has 92 valence electrons. The first kappa shape index (κ1) is 11.7. The van der Waals surface area contributed by atoms with Crippen LogP contribution in [0.25, 0.3) is 5.82 Å². The summed E-state index contributed by atoms with van der Waals surface area (Å²) in [7, 11) is 1.90. The molecule has 2 N–H and O–H groups in total. The average molecular weight is 233 g/mol. The van der Waals surface area contributed by atoms with Gasteiger partial charge in [0.1, 0.15) is 5.69 Å². The fraction of sp³-hybridized carbons (Fsp3) is 0.500. The van der Waals surface area contributed by atoms with Crippen LogP contribution in [0.15, 0.2) is 6.07 Å². The van der Waals surface area contributed by atoms with Gasteiger partial charge in [0, 0.05) is 12.7 Å². The van der Waals surface area contributed by atoms with Crippen LogP contribution in [-0.4, -0.2) is 19.6 Å². The second kappa shape index (κ2) is 3.91. The Balaban J connectivity index is 2.64. The Morgan fingerprint density at radius 3 is 2.29 bits per heavy atom. The molecule has 0 radical (unpaired) electrons. The molecule has 2 aromatic heterocycles. The summed E-state index contributed by atoms with van der Waals surface area (Å²) in [4.78, 5) is 0. The first-order chi connectivity index (χ1) is 7.91. The van der Waals surface area contributed by atoms with E-state index in [2.05, 4.69) is 24.0 Å². The van der Waals surface area contributed by atoms with Crippen molar-refractivity contribution in [1.29, 1.82) is 0 Å². The Morgan fingerprint density at radius 2 is 1.88 bits per heavy atom. The molecule has 0 atom stereocenters. The van der Waals surface area contributed by atoms with E-state index in [1.165, 1.54) is 0 Å². The molecule has 5 heteroatoms. The van der Waals surface area contributed by atoms with E-state index >= 15 is 0 Å². The van der Waals surface area contributed by atoms with E-state index in [1.54, 1.807) is 4.68 Å². The Morgan fingerprint density at radius 1 is 1.24 bits per heavy atom. The molecule has 5 nitrogen and oxygen atoms in total. The van der Waals surface area contributed by atoms with Crippen LogP contribution in [0.2, 0.25) is 0 Å². The molecule has 17 heavy (non-hydrogen) atoms. The summed E-state index contributed by atoms with van der Waals surface area (Å²) in [5, 5.41) is 8.92. The van der Waals surface area contributed by atoms with Crippen LogP contribution in [0.3, 0.4) is 0 Å². The number of nitrogens with zero attached hydrogens (tertiary/aromatic N) is 4. The van der Waals surface area contributed by atoms with Gasteiger partial charge in [0.05, 0.1) is 11.4 Å². The van der Waals surface area contributed by atoms with Crippen molar-refractivity contribution in [2.45, 2.75) is 33.6 Å². The van der Waals surface area contributed by atoms with Crippen LogP contribution in [0, 0.1) is 13.8 Å². The topological polar surface area (TPSA) is 61.7 Å². The van der Waals surface area contributed by atoms with Gasteiger partial charge in [-0.3, -0.25) is 0 Å². The van der Waals surface area contributed by atoms with Gasteiger partial charge in [0.15, 0.2) is 5.82 Å². The van der Waals surface area contributed by atoms with E-state index in [9.17, 15) is 0 Å². The highest BCUT2D eigenvalue weighted by Crippen LogP contribution is 2.27. The van der Waals surface area contributed by atoms with Crippen molar-refractivity contribution in [1.82, 2.24) is 19.6 Å². The summed E-state index contributed by atoms with van der Waals surface area (Å²) < 4.78 is 3.65. The van der Waals surface area contributed by atoms with E-state index < -0.39 is 0 Å². The second-order valence-electron chi connectivity index (χ2n) is 4.74. The molecule has 2 heterocycles. The summed E-state index contributed by atoms with van der Waals surface area (Å²) in [6, 6.07) is 2.03. The molecule has 0 spiro atoms. The van der Waals surface area contributed by atoms with Crippen molar-refractivity contribution in [3.8, 4) is 5.82 Å². The molecular weight excluding hydrogens is 214 g/mol. The van der Waals surface area contributed by atoms with Gasteiger partial charge < -0.3 is 5.73 Å². The first-order valence-corrected chi connectivity index (χ1v) is 5.77. The fourth-order valence-electron chi connectivity index (χ4n) is 2.07. The summed E-state index contributed by atoms with van der Waals surface area (Å²) in [5.74, 6) is 1.16. The lowest BCUT2D eigenvalue weighted by molar-refractivity contribution is 0.668. The molecular formula is C12H19N5. The quantitative estimate of drug-likeness (QED) is 0.862. The zero-order chi connectivity index (χ0) is 12.7. The molecule has 2 aromatic rings. The van der Waals surface area contributed by atoms with E-state index in [1.807, 2.05) is 31.6 Å². The summed E-state index contributed by atoms with van der Waals surface area (Å²) in [5.41, 5.74) is 9.86. The summed E-state index contributed by atoms with van der Waals surface area (Å²) >= 11 is 0. The van der Waals surface area contributed by atoms with Crippen LogP contribution in [0.4, 0.5) is 5.69 Å². The van der Waals surface area contributed by atoms with Gasteiger partial charge in [-0.25, -0.2) is 9.36 Å². The third kappa shape index (κ3) is 1.81. The van der Waals surface area contributed by atoms with Crippen molar-refractivity contribution in [2.75, 3.05) is 5.73 Å². The predicted octanol–water partition coefficient (Wildman–Crippen LogP) is 1.93. The number of rotatable bonds is 2. The molecule has 0 amide bonds. The number of nitrogens with two attached hydrogens (primary N) is 1. The number of aromatic nitrogens is 4. The van der Waals surface area contributed by atoms with Crippen LogP contribution in [-0.2, 0) is 7.05 Å². The second-order valence-corrected chi connectivity index (χ2v) is 4.74. The smallest absolute Gasteiger partial charge is 0.175 e. The van der Waals surface area contributed by atoms with E-state index in [-0.39, 0.29) is 0 Å². The van der Waals surface area contributed by atoms with Gasteiger partial charge in [-0.2, -0.15) is 10.2 Å². The molecule has 0 aliphatic carbocycles. The Hall–Kier alpha value is -1.78. The third-order valence-corrected chi connectivity index (χ3v) is 2.84. The molecule has 0 saturated heterocycles. The first-order valence-electron chi connectivity index (χ1n) is 5.77. The van der Waals surface area contributed by atoms with Gasteiger partial charge in [0.25, 0.3) is 0 Å². The number of hydrogen-bond acceptors (Lipinski definition) is 3. The van der Waals surface area contributed by atoms with E-state index in [0.29, 0.717) is 11.6 Å². The Labute approximate surface area is 101 Å². The lowest BCUT2D eigenvalue weighted by Gasteiger charge is -2.06. The molecule has 0 unspecified atom stereocenters. The maximum atomic E-state index is 6.17. The molecule has 0 saturated carbocycles. The van der Waals surface area contributed by atoms with Gasteiger partial charge in [-0.1, -0.05) is 13.8 Å². The highest BCUT2D eigenvalue weighted by atomic mass is 15.4. The Kier molecular flexibility index (Phi) is 2.69. The largest absolute Gasteiger partial charge is 0.394 e. The molecule has 0 aliphatic heterocycles. The molecule has 0 fully saturated rings. The van der Waals surface area contributed by atoms with Crippen molar-refractivity contribution >= 4 is 5.69 Å². The van der Waals surface area contributed by atoms with Crippen LogP contribution < -0.4 is 5.73 Å². The number of aryl methyl sites for hydroxylation is 3. The summed E-state index contributed by atoms with van der Waals surface area (Å²) in [6.07, 6.45) is 0. The minimum atomic E-state index is 0.312. The molecule has 0 aliphatic rings. The predicted molar refractivity (Wildman–Crippen MR) is 68.3 cm³/mol. The van der Waals surface area contributed by atoms with Crippen molar-refractivity contribution in [2.24, 2.45) is 7.05 Å². The third-order valence-electron chi connectivity index (χ3n) is 2.84.